The van der Waals surface area contributed by atoms with Crippen molar-refractivity contribution in [3.63, 3.8) is 0 Å². The van der Waals surface area contributed by atoms with E-state index in [1.54, 1.807) is 0 Å². The van der Waals surface area contributed by atoms with Crippen molar-refractivity contribution in [2.75, 3.05) is 0 Å². The van der Waals surface area contributed by atoms with Crippen LogP contribution in [0.4, 0.5) is 0 Å². The molecule has 19 heavy (non-hydrogen) atoms. The van der Waals surface area contributed by atoms with Gasteiger partial charge < -0.3 is 4.90 Å². The Balaban J connectivity index is 2.16. The van der Waals surface area contributed by atoms with Crippen LogP contribution in [0.1, 0.15) is 44.6 Å². The fourth-order valence-electron chi connectivity index (χ4n) is 2.08. The Morgan fingerprint density at radius 2 is 2.05 bits per heavy atom. The first kappa shape index (κ1) is 13.8. The van der Waals surface area contributed by atoms with E-state index in [0.717, 1.165) is 17.9 Å². The molecule has 0 aromatic carbocycles. The molecule has 0 bridgehead atoms. The highest BCUT2D eigenvalue weighted by Gasteiger charge is 2.15. The third kappa shape index (κ3) is 3.22. The normalized spacial score (nSPS) is 14.1. The predicted molar refractivity (Wildman–Crippen MR) is 77.5 cm³/mol. The number of nitrogens with zero attached hydrogens (tertiary/aromatic N) is 2. The number of hydrogen-bond acceptors (Lipinski definition) is 3. The van der Waals surface area contributed by atoms with E-state index >= 15 is 0 Å². The Bertz CT molecular complexity index is 503. The summed E-state index contributed by atoms with van der Waals surface area (Å²) in [5, 5.41) is 0. The molecule has 0 radical (unpaired) electrons. The minimum atomic E-state index is 0.0739. The molecule has 0 spiro atoms. The Labute approximate surface area is 115 Å². The van der Waals surface area contributed by atoms with Gasteiger partial charge in [-0.3, -0.25) is 9.78 Å². The smallest absolute Gasteiger partial charge is 0.141 e. The maximum atomic E-state index is 11.8. The number of carbonyl (C=O) groups is 1. The van der Waals surface area contributed by atoms with Gasteiger partial charge in [-0.05, 0) is 31.6 Å². The van der Waals surface area contributed by atoms with Crippen LogP contribution >= 0.6 is 0 Å². The average Bonchev–Trinajstić information content (AvgIpc) is 2.37. The highest BCUT2D eigenvalue weighted by Crippen LogP contribution is 2.20. The van der Waals surface area contributed by atoms with E-state index in [2.05, 4.69) is 36.0 Å². The quantitative estimate of drug-likeness (QED) is 0.832. The molecule has 1 aliphatic heterocycles. The number of aromatic nitrogens is 1. The van der Waals surface area contributed by atoms with Crippen LogP contribution in [-0.4, -0.2) is 21.7 Å². The topological polar surface area (TPSA) is 33.2 Å². The van der Waals surface area contributed by atoms with E-state index in [1.165, 1.54) is 5.56 Å². The summed E-state index contributed by atoms with van der Waals surface area (Å²) < 4.78 is 0. The van der Waals surface area contributed by atoms with E-state index in [9.17, 15) is 4.79 Å². The van der Waals surface area contributed by atoms with Crippen molar-refractivity contribution in [3.05, 3.63) is 35.3 Å². The SMILES string of the molecule is CC(C)C(=O)Cc1ccc2c(n1)C=CN(C(C)C)C2. The molecule has 0 fully saturated rings. The minimum absolute atomic E-state index is 0.0739. The van der Waals surface area contributed by atoms with Gasteiger partial charge in [0.1, 0.15) is 5.78 Å². The molecule has 0 amide bonds. The zero-order valence-corrected chi connectivity index (χ0v) is 12.2. The minimum Gasteiger partial charge on any atom is -0.371 e. The average molecular weight is 258 g/mol. The van der Waals surface area contributed by atoms with Gasteiger partial charge in [0, 0.05) is 36.8 Å². The summed E-state index contributed by atoms with van der Waals surface area (Å²) in [7, 11) is 0. The summed E-state index contributed by atoms with van der Waals surface area (Å²) >= 11 is 0. The lowest BCUT2D eigenvalue weighted by atomic mass is 10.0. The third-order valence-corrected chi connectivity index (χ3v) is 3.51. The molecule has 102 valence electrons. The molecule has 1 aromatic heterocycles. The Morgan fingerprint density at radius 3 is 2.68 bits per heavy atom. The summed E-state index contributed by atoms with van der Waals surface area (Å²) in [6.45, 7) is 9.12. The van der Waals surface area contributed by atoms with Crippen molar-refractivity contribution in [2.24, 2.45) is 5.92 Å². The van der Waals surface area contributed by atoms with Crippen LogP contribution in [0.5, 0.6) is 0 Å². The summed E-state index contributed by atoms with van der Waals surface area (Å²) in [6, 6.07) is 4.58. The van der Waals surface area contributed by atoms with Crippen molar-refractivity contribution < 1.29 is 4.79 Å². The zero-order chi connectivity index (χ0) is 14.0. The summed E-state index contributed by atoms with van der Waals surface area (Å²) in [5.74, 6) is 0.320. The molecule has 3 heteroatoms. The van der Waals surface area contributed by atoms with Gasteiger partial charge in [0.2, 0.25) is 0 Å². The molecule has 1 aliphatic rings. The highest BCUT2D eigenvalue weighted by atomic mass is 16.1. The Morgan fingerprint density at radius 1 is 1.32 bits per heavy atom. The second-order valence-electron chi connectivity index (χ2n) is 5.73. The van der Waals surface area contributed by atoms with Crippen LogP contribution in [-0.2, 0) is 17.8 Å². The van der Waals surface area contributed by atoms with Gasteiger partial charge in [-0.25, -0.2) is 0 Å². The summed E-state index contributed by atoms with van der Waals surface area (Å²) in [5.41, 5.74) is 3.11. The van der Waals surface area contributed by atoms with Crippen LogP contribution in [0, 0.1) is 5.92 Å². The van der Waals surface area contributed by atoms with Gasteiger partial charge in [-0.2, -0.15) is 0 Å². The van der Waals surface area contributed by atoms with E-state index in [-0.39, 0.29) is 11.7 Å². The van der Waals surface area contributed by atoms with Crippen molar-refractivity contribution >= 4 is 11.9 Å². The maximum Gasteiger partial charge on any atom is 0.141 e. The first-order chi connectivity index (χ1) is 8.97. The first-order valence-electron chi connectivity index (χ1n) is 6.93. The zero-order valence-electron chi connectivity index (χ0n) is 12.2. The van der Waals surface area contributed by atoms with Gasteiger partial charge in [0.25, 0.3) is 0 Å². The van der Waals surface area contributed by atoms with E-state index < -0.39 is 0 Å². The van der Waals surface area contributed by atoms with Gasteiger partial charge in [-0.15, -0.1) is 0 Å². The molecule has 1 aromatic rings. The number of hydrogen-bond donors (Lipinski definition) is 0. The molecule has 2 heterocycles. The molecular formula is C16H22N2O. The number of pyridine rings is 1. The van der Waals surface area contributed by atoms with E-state index in [0.29, 0.717) is 12.5 Å². The lowest BCUT2D eigenvalue weighted by molar-refractivity contribution is -0.121. The monoisotopic (exact) mass is 258 g/mol. The summed E-state index contributed by atoms with van der Waals surface area (Å²) in [4.78, 5) is 18.6. The van der Waals surface area contributed by atoms with Gasteiger partial charge >= 0.3 is 0 Å². The fraction of sp³-hybridized carbons (Fsp3) is 0.500. The largest absolute Gasteiger partial charge is 0.371 e. The van der Waals surface area contributed by atoms with Gasteiger partial charge in [0.15, 0.2) is 0 Å². The van der Waals surface area contributed by atoms with Gasteiger partial charge in [-0.1, -0.05) is 19.9 Å². The molecule has 0 N–H and O–H groups in total. The molecule has 0 atom stereocenters. The van der Waals surface area contributed by atoms with Crippen molar-refractivity contribution in [1.29, 1.82) is 0 Å². The van der Waals surface area contributed by atoms with Crippen LogP contribution in [0.2, 0.25) is 0 Å². The van der Waals surface area contributed by atoms with Crippen LogP contribution in [0.15, 0.2) is 18.3 Å². The molecule has 0 unspecified atom stereocenters. The van der Waals surface area contributed by atoms with Crippen molar-refractivity contribution in [2.45, 2.75) is 46.7 Å². The molecule has 0 saturated carbocycles. The van der Waals surface area contributed by atoms with Crippen molar-refractivity contribution in [1.82, 2.24) is 9.88 Å². The second-order valence-corrected chi connectivity index (χ2v) is 5.73. The number of ketones is 1. The van der Waals surface area contributed by atoms with Crippen molar-refractivity contribution in [3.8, 4) is 0 Å². The molecule has 0 saturated heterocycles. The highest BCUT2D eigenvalue weighted by molar-refractivity contribution is 5.82. The Hall–Kier alpha value is -1.64. The van der Waals surface area contributed by atoms with Gasteiger partial charge in [0.05, 0.1) is 5.69 Å². The lowest BCUT2D eigenvalue weighted by Gasteiger charge is -2.28. The van der Waals surface area contributed by atoms with Crippen LogP contribution < -0.4 is 0 Å². The molecular weight excluding hydrogens is 236 g/mol. The number of carbonyl (C=O) groups excluding carboxylic acids is 1. The number of rotatable bonds is 4. The molecule has 0 aliphatic carbocycles. The van der Waals surface area contributed by atoms with E-state index in [1.807, 2.05) is 26.0 Å². The molecule has 2 rings (SSSR count). The predicted octanol–water partition coefficient (Wildman–Crippen LogP) is 3.04. The van der Waals surface area contributed by atoms with Crippen LogP contribution in [0.25, 0.3) is 6.08 Å². The third-order valence-electron chi connectivity index (χ3n) is 3.51. The number of fused-ring (bicyclic) bond motifs is 1. The fourth-order valence-corrected chi connectivity index (χ4v) is 2.08. The lowest BCUT2D eigenvalue weighted by Crippen LogP contribution is -2.27. The number of Topliss-reactive ketones (excluding diaryl/α,β-unsaturated/α-hetero) is 1. The second kappa shape index (κ2) is 5.55. The standard InChI is InChI=1S/C16H22N2O/c1-11(2)16(19)9-14-6-5-13-10-18(12(3)4)8-7-15(13)17-14/h5-8,11-12H,9-10H2,1-4H3. The summed E-state index contributed by atoms with van der Waals surface area (Å²) in [6.07, 6.45) is 4.57. The van der Waals surface area contributed by atoms with Crippen LogP contribution in [0.3, 0.4) is 0 Å². The first-order valence-corrected chi connectivity index (χ1v) is 6.93. The molecule has 3 nitrogen and oxygen atoms in total. The van der Waals surface area contributed by atoms with E-state index in [4.69, 9.17) is 0 Å². The maximum absolute atomic E-state index is 11.8. The Kier molecular flexibility index (Phi) is 4.03.